The number of aliphatic hydroxyl groups is 3. The van der Waals surface area contributed by atoms with Gasteiger partial charge in [-0.3, -0.25) is 4.79 Å². The van der Waals surface area contributed by atoms with E-state index in [1.807, 2.05) is 0 Å². The van der Waals surface area contributed by atoms with Crippen LogP contribution in [0.5, 0.6) is 0 Å². The van der Waals surface area contributed by atoms with Crippen LogP contribution in [0.1, 0.15) is 232 Å². The van der Waals surface area contributed by atoms with Crippen molar-refractivity contribution in [3.8, 4) is 0 Å². The van der Waals surface area contributed by atoms with Gasteiger partial charge in [0.15, 0.2) is 0 Å². The van der Waals surface area contributed by atoms with E-state index in [1.165, 1.54) is 161 Å². The van der Waals surface area contributed by atoms with Crippen molar-refractivity contribution in [2.24, 2.45) is 0 Å². The Labute approximate surface area is 299 Å². The number of hydrogen-bond donors (Lipinski definition) is 4. The van der Waals surface area contributed by atoms with E-state index in [4.69, 9.17) is 0 Å². The number of carbonyl (C=O) groups excluding carboxylic acids is 1. The largest absolute Gasteiger partial charge is 0.394 e. The van der Waals surface area contributed by atoms with Crippen LogP contribution in [0.2, 0.25) is 0 Å². The van der Waals surface area contributed by atoms with Crippen LogP contribution < -0.4 is 5.32 Å². The number of rotatable bonds is 39. The fourth-order valence-electron chi connectivity index (χ4n) is 6.75. The lowest BCUT2D eigenvalue weighted by Crippen LogP contribution is -2.46. The number of aliphatic hydroxyl groups excluding tert-OH is 3. The van der Waals surface area contributed by atoms with Crippen molar-refractivity contribution in [2.45, 2.75) is 250 Å². The molecule has 1 amide bonds. The smallest absolute Gasteiger partial charge is 0.222 e. The molecule has 5 nitrogen and oxygen atoms in total. The third-order valence-electron chi connectivity index (χ3n) is 10.1. The van der Waals surface area contributed by atoms with Gasteiger partial charge in [0.05, 0.1) is 31.3 Å². The highest BCUT2D eigenvalue weighted by Crippen LogP contribution is 2.16. The summed E-state index contributed by atoms with van der Waals surface area (Å²) >= 11 is 0. The van der Waals surface area contributed by atoms with Gasteiger partial charge in [0, 0.05) is 0 Å². The fraction of sp³-hybridized carbons (Fsp3) is 0.930. The highest BCUT2D eigenvalue weighted by molar-refractivity contribution is 5.76. The number of carbonyl (C=O) groups is 1. The van der Waals surface area contributed by atoms with Crippen LogP contribution in [-0.2, 0) is 4.79 Å². The number of unbranched alkanes of at least 4 members (excludes halogenated alkanes) is 28. The number of hydrogen-bond acceptors (Lipinski definition) is 4. The summed E-state index contributed by atoms with van der Waals surface area (Å²) in [5.74, 6) is -0.289. The van der Waals surface area contributed by atoms with Crippen LogP contribution in [0.3, 0.4) is 0 Å². The molecule has 0 spiro atoms. The van der Waals surface area contributed by atoms with E-state index in [9.17, 15) is 20.1 Å². The lowest BCUT2D eigenvalue weighted by molar-refractivity contribution is -0.125. The van der Waals surface area contributed by atoms with Crippen LogP contribution >= 0.6 is 0 Å². The zero-order chi connectivity index (χ0) is 35.2. The van der Waals surface area contributed by atoms with E-state index in [1.54, 1.807) is 0 Å². The predicted molar refractivity (Wildman–Crippen MR) is 208 cm³/mol. The molecule has 0 bridgehead atoms. The fourth-order valence-corrected chi connectivity index (χ4v) is 6.75. The monoisotopic (exact) mass is 680 g/mol. The molecule has 0 aromatic carbocycles. The third kappa shape index (κ3) is 34.9. The van der Waals surface area contributed by atoms with Crippen LogP contribution in [0.15, 0.2) is 12.2 Å². The Hall–Kier alpha value is -0.910. The van der Waals surface area contributed by atoms with Crippen molar-refractivity contribution in [3.63, 3.8) is 0 Å². The van der Waals surface area contributed by atoms with E-state index in [2.05, 4.69) is 31.3 Å². The Morgan fingerprint density at radius 2 is 0.833 bits per heavy atom. The van der Waals surface area contributed by atoms with Gasteiger partial charge in [-0.2, -0.15) is 0 Å². The lowest BCUT2D eigenvalue weighted by atomic mass is 10.0. The molecule has 3 atom stereocenters. The minimum atomic E-state index is -0.749. The molecule has 0 saturated carbocycles. The molecule has 3 unspecified atom stereocenters. The van der Waals surface area contributed by atoms with E-state index >= 15 is 0 Å². The zero-order valence-corrected chi connectivity index (χ0v) is 32.4. The summed E-state index contributed by atoms with van der Waals surface area (Å²) in [7, 11) is 0. The predicted octanol–water partition coefficient (Wildman–Crippen LogP) is 12.0. The molecule has 0 aliphatic carbocycles. The van der Waals surface area contributed by atoms with E-state index in [-0.39, 0.29) is 18.9 Å². The van der Waals surface area contributed by atoms with Gasteiger partial charge in [-0.15, -0.1) is 0 Å². The molecule has 0 rings (SSSR count). The highest BCUT2D eigenvalue weighted by atomic mass is 16.3. The molecule has 0 aliphatic heterocycles. The van der Waals surface area contributed by atoms with Gasteiger partial charge in [0.25, 0.3) is 0 Å². The van der Waals surface area contributed by atoms with Gasteiger partial charge in [0.1, 0.15) is 0 Å². The summed E-state index contributed by atoms with van der Waals surface area (Å²) in [5.41, 5.74) is 0. The first kappa shape index (κ1) is 47.1. The molecular weight excluding hydrogens is 594 g/mol. The molecule has 5 heteroatoms. The average molecular weight is 680 g/mol. The minimum absolute atomic E-state index is 0.0288. The van der Waals surface area contributed by atoms with Gasteiger partial charge in [-0.05, 0) is 38.5 Å². The van der Waals surface area contributed by atoms with E-state index in [0.29, 0.717) is 12.8 Å². The second-order valence-corrected chi connectivity index (χ2v) is 15.0. The summed E-state index contributed by atoms with van der Waals surface area (Å²) in [6.07, 6.45) is 44.6. The molecule has 48 heavy (non-hydrogen) atoms. The first-order valence-corrected chi connectivity index (χ1v) is 21.5. The van der Waals surface area contributed by atoms with Crippen molar-refractivity contribution in [1.82, 2.24) is 5.32 Å². The standard InChI is InChI=1S/C43H85NO4/c1-3-5-7-9-11-13-15-17-19-21-23-25-27-29-31-33-35-37-42(47)41(39-45)44-43(48)38-40(46)36-34-32-30-28-26-24-22-20-18-16-14-12-10-8-6-4-2/h24,26,40-42,45-47H,3-23,25,27-39H2,1-2H3,(H,44,48)/b26-24-. The molecule has 0 aromatic rings. The van der Waals surface area contributed by atoms with Crippen molar-refractivity contribution in [1.29, 1.82) is 0 Å². The van der Waals surface area contributed by atoms with Crippen molar-refractivity contribution < 1.29 is 20.1 Å². The lowest BCUT2D eigenvalue weighted by Gasteiger charge is -2.23. The van der Waals surface area contributed by atoms with Crippen LogP contribution in [0.25, 0.3) is 0 Å². The normalized spacial score (nSPS) is 13.7. The minimum Gasteiger partial charge on any atom is -0.394 e. The summed E-state index contributed by atoms with van der Waals surface area (Å²) < 4.78 is 0. The van der Waals surface area contributed by atoms with Crippen molar-refractivity contribution >= 4 is 5.91 Å². The zero-order valence-electron chi connectivity index (χ0n) is 32.4. The number of allylic oxidation sites excluding steroid dienone is 2. The summed E-state index contributed by atoms with van der Waals surface area (Å²) in [4.78, 5) is 12.4. The maximum Gasteiger partial charge on any atom is 0.222 e. The quantitative estimate of drug-likeness (QED) is 0.0384. The maximum absolute atomic E-state index is 12.4. The second kappa shape index (κ2) is 38.9. The maximum atomic E-state index is 12.4. The molecule has 0 heterocycles. The molecule has 0 fully saturated rings. The van der Waals surface area contributed by atoms with Gasteiger partial charge in [-0.25, -0.2) is 0 Å². The first-order chi connectivity index (χ1) is 23.5. The Morgan fingerprint density at radius 3 is 1.23 bits per heavy atom. The number of amides is 1. The Bertz CT molecular complexity index is 669. The van der Waals surface area contributed by atoms with Crippen molar-refractivity contribution in [3.05, 3.63) is 12.2 Å². The van der Waals surface area contributed by atoms with Crippen LogP contribution in [0.4, 0.5) is 0 Å². The molecule has 0 aromatic heterocycles. The van der Waals surface area contributed by atoms with Gasteiger partial charge in [0.2, 0.25) is 5.91 Å². The summed E-state index contributed by atoms with van der Waals surface area (Å²) in [6.45, 7) is 4.27. The average Bonchev–Trinajstić information content (AvgIpc) is 3.08. The Balaban J connectivity index is 3.63. The van der Waals surface area contributed by atoms with Gasteiger partial charge < -0.3 is 20.6 Å². The van der Waals surface area contributed by atoms with E-state index < -0.39 is 18.2 Å². The first-order valence-electron chi connectivity index (χ1n) is 21.5. The molecule has 4 N–H and O–H groups in total. The Kier molecular flexibility index (Phi) is 38.1. The molecule has 0 radical (unpaired) electrons. The molecular formula is C43H85NO4. The molecule has 286 valence electrons. The second-order valence-electron chi connectivity index (χ2n) is 15.0. The van der Waals surface area contributed by atoms with Gasteiger partial charge >= 0.3 is 0 Å². The number of nitrogens with one attached hydrogen (secondary N) is 1. The van der Waals surface area contributed by atoms with Crippen LogP contribution in [-0.4, -0.2) is 46.1 Å². The topological polar surface area (TPSA) is 89.8 Å². The SMILES string of the molecule is CCCCCCCCCCC/C=C\CCCCCC(O)CC(=O)NC(CO)C(O)CCCCCCCCCCCCCCCCCCC. The van der Waals surface area contributed by atoms with E-state index in [0.717, 1.165) is 38.5 Å². The van der Waals surface area contributed by atoms with Crippen molar-refractivity contribution in [2.75, 3.05) is 6.61 Å². The van der Waals surface area contributed by atoms with Gasteiger partial charge in [-0.1, -0.05) is 199 Å². The Morgan fingerprint density at radius 1 is 0.500 bits per heavy atom. The highest BCUT2D eigenvalue weighted by Gasteiger charge is 2.21. The molecule has 0 aliphatic rings. The summed E-state index contributed by atoms with van der Waals surface area (Å²) in [6, 6.07) is -0.659. The van der Waals surface area contributed by atoms with Crippen LogP contribution in [0, 0.1) is 0 Å². The summed E-state index contributed by atoms with van der Waals surface area (Å²) in [5, 5.41) is 33.4. The molecule has 0 saturated heterocycles. The third-order valence-corrected chi connectivity index (χ3v) is 10.1.